The molecule has 0 saturated carbocycles. The maximum atomic E-state index is 12.2. The Morgan fingerprint density at radius 3 is 2.00 bits per heavy atom. The van der Waals surface area contributed by atoms with Crippen molar-refractivity contribution in [2.75, 3.05) is 13.2 Å². The van der Waals surface area contributed by atoms with Gasteiger partial charge in [-0.25, -0.2) is 13.1 Å². The lowest BCUT2D eigenvalue weighted by Crippen LogP contribution is -2.24. The van der Waals surface area contributed by atoms with Gasteiger partial charge in [0.2, 0.25) is 10.0 Å². The number of benzene rings is 1. The summed E-state index contributed by atoms with van der Waals surface area (Å²) < 4.78 is 32.3. The van der Waals surface area contributed by atoms with E-state index in [1.807, 2.05) is 6.92 Å². The van der Waals surface area contributed by atoms with Gasteiger partial charge in [-0.1, -0.05) is 51.9 Å². The van der Waals surface area contributed by atoms with Crippen molar-refractivity contribution >= 4 is 10.0 Å². The maximum Gasteiger partial charge on any atom is 0.240 e. The van der Waals surface area contributed by atoms with Gasteiger partial charge in [0.15, 0.2) is 0 Å². The van der Waals surface area contributed by atoms with Crippen molar-refractivity contribution in [2.45, 2.75) is 70.1 Å². The van der Waals surface area contributed by atoms with Crippen molar-refractivity contribution in [1.82, 2.24) is 4.72 Å². The molecule has 23 heavy (non-hydrogen) atoms. The SMILES string of the molecule is CCCCCCCCCCNS(=O)(=O)c1ccc(OCC)cc1. The topological polar surface area (TPSA) is 55.4 Å². The molecule has 0 heterocycles. The summed E-state index contributed by atoms with van der Waals surface area (Å²) in [5.41, 5.74) is 0. The molecule has 0 saturated heterocycles. The van der Waals surface area contributed by atoms with E-state index >= 15 is 0 Å². The lowest BCUT2D eigenvalue weighted by Gasteiger charge is -2.08. The fourth-order valence-corrected chi connectivity index (χ4v) is 3.50. The number of sulfonamides is 1. The molecule has 0 aromatic heterocycles. The number of hydrogen-bond donors (Lipinski definition) is 1. The summed E-state index contributed by atoms with van der Waals surface area (Å²) in [5.74, 6) is 0.689. The molecule has 0 radical (unpaired) electrons. The number of hydrogen-bond acceptors (Lipinski definition) is 3. The molecule has 0 spiro atoms. The standard InChI is InChI=1S/C18H31NO3S/c1-3-5-6-7-8-9-10-11-16-19-23(20,21)18-14-12-17(13-15-18)22-4-2/h12-15,19H,3-11,16H2,1-2H3. The van der Waals surface area contributed by atoms with E-state index in [0.29, 0.717) is 23.8 Å². The van der Waals surface area contributed by atoms with Gasteiger partial charge < -0.3 is 4.74 Å². The van der Waals surface area contributed by atoms with Crippen LogP contribution in [0.5, 0.6) is 5.75 Å². The molecule has 0 aliphatic carbocycles. The molecule has 0 atom stereocenters. The summed E-state index contributed by atoms with van der Waals surface area (Å²) in [6, 6.07) is 6.55. The summed E-state index contributed by atoms with van der Waals surface area (Å²) in [5, 5.41) is 0. The quantitative estimate of drug-likeness (QED) is 0.537. The Balaban J connectivity index is 2.22. The summed E-state index contributed by atoms with van der Waals surface area (Å²) in [4.78, 5) is 0.292. The molecule has 4 nitrogen and oxygen atoms in total. The Hall–Kier alpha value is -1.07. The van der Waals surface area contributed by atoms with Crippen LogP contribution in [0.4, 0.5) is 0 Å². The highest BCUT2D eigenvalue weighted by molar-refractivity contribution is 7.89. The first-order chi connectivity index (χ1) is 11.1. The van der Waals surface area contributed by atoms with E-state index in [1.165, 1.54) is 38.5 Å². The van der Waals surface area contributed by atoms with Crippen LogP contribution in [0.25, 0.3) is 0 Å². The van der Waals surface area contributed by atoms with Gasteiger partial charge in [0.1, 0.15) is 5.75 Å². The molecule has 0 fully saturated rings. The molecule has 0 bridgehead atoms. The predicted molar refractivity (Wildman–Crippen MR) is 95.4 cm³/mol. The number of nitrogens with one attached hydrogen (secondary N) is 1. The summed E-state index contributed by atoms with van der Waals surface area (Å²) >= 11 is 0. The third kappa shape index (κ3) is 8.37. The second kappa shape index (κ2) is 11.5. The van der Waals surface area contributed by atoms with E-state index in [2.05, 4.69) is 11.6 Å². The Bertz CT molecular complexity index is 512. The molecule has 0 amide bonds. The van der Waals surface area contributed by atoms with Gasteiger partial charge in [-0.05, 0) is 37.6 Å². The molecular formula is C18H31NO3S. The van der Waals surface area contributed by atoms with Gasteiger partial charge in [-0.2, -0.15) is 0 Å². The molecule has 0 aliphatic heterocycles. The number of ether oxygens (including phenoxy) is 1. The normalized spacial score (nSPS) is 11.6. The first kappa shape index (κ1) is 20.0. The van der Waals surface area contributed by atoms with Gasteiger partial charge in [0, 0.05) is 6.54 Å². The molecule has 1 aromatic rings. The lowest BCUT2D eigenvalue weighted by atomic mass is 10.1. The number of rotatable bonds is 13. The van der Waals surface area contributed by atoms with Crippen LogP contribution >= 0.6 is 0 Å². The smallest absolute Gasteiger partial charge is 0.240 e. The van der Waals surface area contributed by atoms with E-state index in [4.69, 9.17) is 4.74 Å². The minimum atomic E-state index is -3.40. The maximum absolute atomic E-state index is 12.2. The van der Waals surface area contributed by atoms with Crippen molar-refractivity contribution in [1.29, 1.82) is 0 Å². The molecule has 0 aliphatic rings. The first-order valence-corrected chi connectivity index (χ1v) is 10.3. The third-order valence-corrected chi connectivity index (χ3v) is 5.24. The zero-order chi connectivity index (χ0) is 17.0. The Morgan fingerprint density at radius 2 is 1.43 bits per heavy atom. The summed E-state index contributed by atoms with van der Waals surface area (Å²) in [6.45, 7) is 5.19. The predicted octanol–water partition coefficient (Wildman–Crippen LogP) is 4.50. The van der Waals surface area contributed by atoms with Crippen molar-refractivity contribution < 1.29 is 13.2 Å². The molecule has 1 aromatic carbocycles. The van der Waals surface area contributed by atoms with E-state index < -0.39 is 10.0 Å². The zero-order valence-corrected chi connectivity index (χ0v) is 15.3. The van der Waals surface area contributed by atoms with Crippen LogP contribution < -0.4 is 9.46 Å². The average Bonchev–Trinajstić information content (AvgIpc) is 2.54. The zero-order valence-electron chi connectivity index (χ0n) is 14.5. The van der Waals surface area contributed by atoms with Gasteiger partial charge in [0.05, 0.1) is 11.5 Å². The average molecular weight is 342 g/mol. The van der Waals surface area contributed by atoms with Crippen LogP contribution in [0.3, 0.4) is 0 Å². The van der Waals surface area contributed by atoms with Crippen LogP contribution in [-0.2, 0) is 10.0 Å². The summed E-state index contributed by atoms with van der Waals surface area (Å²) in [7, 11) is -3.40. The highest BCUT2D eigenvalue weighted by atomic mass is 32.2. The van der Waals surface area contributed by atoms with E-state index in [9.17, 15) is 8.42 Å². The van der Waals surface area contributed by atoms with Gasteiger partial charge in [-0.3, -0.25) is 0 Å². The summed E-state index contributed by atoms with van der Waals surface area (Å²) in [6.07, 6.45) is 9.63. The van der Waals surface area contributed by atoms with Gasteiger partial charge in [-0.15, -0.1) is 0 Å². The van der Waals surface area contributed by atoms with Crippen molar-refractivity contribution in [3.63, 3.8) is 0 Å². The van der Waals surface area contributed by atoms with Crippen LogP contribution in [-0.4, -0.2) is 21.6 Å². The highest BCUT2D eigenvalue weighted by Gasteiger charge is 2.12. The largest absolute Gasteiger partial charge is 0.494 e. The fraction of sp³-hybridized carbons (Fsp3) is 0.667. The van der Waals surface area contributed by atoms with Crippen LogP contribution in [0.15, 0.2) is 29.2 Å². The molecule has 1 rings (SSSR count). The second-order valence-electron chi connectivity index (χ2n) is 5.78. The third-order valence-electron chi connectivity index (χ3n) is 3.77. The van der Waals surface area contributed by atoms with Crippen LogP contribution in [0.2, 0.25) is 0 Å². The van der Waals surface area contributed by atoms with E-state index in [-0.39, 0.29) is 0 Å². The van der Waals surface area contributed by atoms with Gasteiger partial charge >= 0.3 is 0 Å². The van der Waals surface area contributed by atoms with Crippen molar-refractivity contribution in [3.8, 4) is 5.75 Å². The molecular weight excluding hydrogens is 310 g/mol. The first-order valence-electron chi connectivity index (χ1n) is 8.82. The molecule has 1 N–H and O–H groups in total. The Morgan fingerprint density at radius 1 is 0.870 bits per heavy atom. The molecule has 5 heteroatoms. The highest BCUT2D eigenvalue weighted by Crippen LogP contribution is 2.16. The van der Waals surface area contributed by atoms with Crippen LogP contribution in [0.1, 0.15) is 65.2 Å². The van der Waals surface area contributed by atoms with Crippen LogP contribution in [0, 0.1) is 0 Å². The Labute approximate surface area is 141 Å². The number of unbranched alkanes of at least 4 members (excludes halogenated alkanes) is 7. The van der Waals surface area contributed by atoms with E-state index in [1.54, 1.807) is 24.3 Å². The van der Waals surface area contributed by atoms with Gasteiger partial charge in [0.25, 0.3) is 0 Å². The second-order valence-corrected chi connectivity index (χ2v) is 7.54. The molecule has 132 valence electrons. The minimum Gasteiger partial charge on any atom is -0.494 e. The van der Waals surface area contributed by atoms with E-state index in [0.717, 1.165) is 12.8 Å². The molecule has 0 unspecified atom stereocenters. The monoisotopic (exact) mass is 341 g/mol. The van der Waals surface area contributed by atoms with Crippen molar-refractivity contribution in [2.24, 2.45) is 0 Å². The van der Waals surface area contributed by atoms with Crippen molar-refractivity contribution in [3.05, 3.63) is 24.3 Å². The minimum absolute atomic E-state index is 0.292. The Kier molecular flexibility index (Phi) is 9.96. The fourth-order valence-electron chi connectivity index (χ4n) is 2.43. The lowest BCUT2D eigenvalue weighted by molar-refractivity contribution is 0.340.